The molecule has 1 saturated carbocycles. The van der Waals surface area contributed by atoms with E-state index in [0.717, 1.165) is 32.2 Å². The minimum absolute atomic E-state index is 0.0230. The number of hydrogen-bond acceptors (Lipinski definition) is 3. The molecule has 106 valence electrons. The molecule has 0 aromatic carbocycles. The van der Waals surface area contributed by atoms with Gasteiger partial charge in [-0.3, -0.25) is 4.79 Å². The van der Waals surface area contributed by atoms with Crippen molar-refractivity contribution in [3.8, 4) is 0 Å². The van der Waals surface area contributed by atoms with Gasteiger partial charge in [-0.2, -0.15) is 0 Å². The summed E-state index contributed by atoms with van der Waals surface area (Å²) in [5.41, 5.74) is 0.0230. The molecule has 0 atom stereocenters. The molecule has 0 heterocycles. The summed E-state index contributed by atoms with van der Waals surface area (Å²) in [4.78, 5) is 11.7. The maximum Gasteiger partial charge on any atom is 0.234 e. The van der Waals surface area contributed by atoms with Crippen molar-refractivity contribution in [1.82, 2.24) is 10.6 Å². The van der Waals surface area contributed by atoms with E-state index in [4.69, 9.17) is 0 Å². The number of hydrogen-bond donors (Lipinski definition) is 3. The Kier molecular flexibility index (Phi) is 6.65. The van der Waals surface area contributed by atoms with Crippen molar-refractivity contribution < 1.29 is 9.90 Å². The van der Waals surface area contributed by atoms with Crippen molar-refractivity contribution in [2.24, 2.45) is 5.41 Å². The number of carbonyl (C=O) groups is 1. The van der Waals surface area contributed by atoms with Gasteiger partial charge in [0, 0.05) is 24.6 Å². The Morgan fingerprint density at radius 1 is 1.28 bits per heavy atom. The number of carbonyl (C=O) groups excluding carboxylic acids is 1. The van der Waals surface area contributed by atoms with Crippen LogP contribution in [0.25, 0.3) is 0 Å². The summed E-state index contributed by atoms with van der Waals surface area (Å²) < 4.78 is 0. The zero-order chi connectivity index (χ0) is 13.4. The lowest BCUT2D eigenvalue weighted by Crippen LogP contribution is -2.43. The molecule has 0 aromatic rings. The molecule has 0 bridgehead atoms. The van der Waals surface area contributed by atoms with Gasteiger partial charge in [0.15, 0.2) is 0 Å². The van der Waals surface area contributed by atoms with Crippen LogP contribution in [0.2, 0.25) is 0 Å². The number of aliphatic hydroxyl groups is 1. The van der Waals surface area contributed by atoms with Crippen molar-refractivity contribution in [3.63, 3.8) is 0 Å². The van der Waals surface area contributed by atoms with Crippen LogP contribution in [-0.2, 0) is 4.79 Å². The lowest BCUT2D eigenvalue weighted by Gasteiger charge is -2.26. The summed E-state index contributed by atoms with van der Waals surface area (Å²) in [6.07, 6.45) is 6.49. The Balaban J connectivity index is 2.22. The third-order valence-corrected chi connectivity index (χ3v) is 4.14. The van der Waals surface area contributed by atoms with Crippen molar-refractivity contribution >= 4 is 5.91 Å². The van der Waals surface area contributed by atoms with E-state index in [-0.39, 0.29) is 24.0 Å². The summed E-state index contributed by atoms with van der Waals surface area (Å²) in [5, 5.41) is 15.7. The minimum Gasteiger partial charge on any atom is -0.396 e. The molecule has 0 aromatic heterocycles. The van der Waals surface area contributed by atoms with Gasteiger partial charge in [-0.1, -0.05) is 26.7 Å². The smallest absolute Gasteiger partial charge is 0.234 e. The topological polar surface area (TPSA) is 61.4 Å². The maximum absolute atomic E-state index is 11.7. The highest BCUT2D eigenvalue weighted by Crippen LogP contribution is 2.36. The lowest BCUT2D eigenvalue weighted by atomic mass is 9.87. The first-order chi connectivity index (χ1) is 8.65. The molecule has 1 rings (SSSR count). The third kappa shape index (κ3) is 4.58. The molecule has 0 spiro atoms. The third-order valence-electron chi connectivity index (χ3n) is 4.14. The van der Waals surface area contributed by atoms with Crippen molar-refractivity contribution in [2.75, 3.05) is 19.7 Å². The standard InChI is InChI=1S/C14H28N2O2/c1-3-12(4-2)16-13(18)9-15-10-14(11-17)7-5-6-8-14/h12,15,17H,3-11H2,1-2H3,(H,16,18). The predicted molar refractivity (Wildman–Crippen MR) is 73.4 cm³/mol. The van der Waals surface area contributed by atoms with Crippen LogP contribution in [0, 0.1) is 5.41 Å². The quantitative estimate of drug-likeness (QED) is 0.616. The molecule has 3 N–H and O–H groups in total. The highest BCUT2D eigenvalue weighted by atomic mass is 16.3. The van der Waals surface area contributed by atoms with E-state index in [2.05, 4.69) is 24.5 Å². The molecule has 0 saturated heterocycles. The van der Waals surface area contributed by atoms with Gasteiger partial charge in [-0.05, 0) is 25.7 Å². The van der Waals surface area contributed by atoms with Gasteiger partial charge in [-0.25, -0.2) is 0 Å². The Morgan fingerprint density at radius 2 is 1.89 bits per heavy atom. The average molecular weight is 256 g/mol. The number of aliphatic hydroxyl groups excluding tert-OH is 1. The van der Waals surface area contributed by atoms with Crippen molar-refractivity contribution in [3.05, 3.63) is 0 Å². The van der Waals surface area contributed by atoms with Gasteiger partial charge < -0.3 is 15.7 Å². The van der Waals surface area contributed by atoms with Crippen molar-refractivity contribution in [1.29, 1.82) is 0 Å². The summed E-state index contributed by atoms with van der Waals surface area (Å²) in [5.74, 6) is 0.0646. The van der Waals surface area contributed by atoms with Crippen LogP contribution in [0.5, 0.6) is 0 Å². The van der Waals surface area contributed by atoms with Gasteiger partial charge in [0.1, 0.15) is 0 Å². The SMILES string of the molecule is CCC(CC)NC(=O)CNCC1(CO)CCCC1. The molecule has 0 aliphatic heterocycles. The summed E-state index contributed by atoms with van der Waals surface area (Å²) >= 11 is 0. The second-order valence-corrected chi connectivity index (χ2v) is 5.55. The van der Waals surface area contributed by atoms with Gasteiger partial charge in [0.25, 0.3) is 0 Å². The van der Waals surface area contributed by atoms with Crippen LogP contribution in [0.3, 0.4) is 0 Å². The van der Waals surface area contributed by atoms with Gasteiger partial charge >= 0.3 is 0 Å². The van der Waals surface area contributed by atoms with Gasteiger partial charge in [-0.15, -0.1) is 0 Å². The zero-order valence-electron chi connectivity index (χ0n) is 11.8. The summed E-state index contributed by atoms with van der Waals surface area (Å²) in [6.45, 7) is 5.51. The average Bonchev–Trinajstić information content (AvgIpc) is 2.85. The van der Waals surface area contributed by atoms with E-state index in [1.54, 1.807) is 0 Å². The minimum atomic E-state index is 0.0230. The fourth-order valence-electron chi connectivity index (χ4n) is 2.73. The molecule has 4 nitrogen and oxygen atoms in total. The molecular formula is C14H28N2O2. The van der Waals surface area contributed by atoms with Crippen LogP contribution in [0.1, 0.15) is 52.4 Å². The lowest BCUT2D eigenvalue weighted by molar-refractivity contribution is -0.121. The molecule has 0 unspecified atom stereocenters. The normalized spacial score (nSPS) is 18.2. The van der Waals surface area contributed by atoms with Crippen LogP contribution >= 0.6 is 0 Å². The first kappa shape index (κ1) is 15.4. The molecule has 1 aliphatic carbocycles. The molecule has 4 heteroatoms. The van der Waals surface area contributed by atoms with E-state index >= 15 is 0 Å². The van der Waals surface area contributed by atoms with Crippen LogP contribution < -0.4 is 10.6 Å². The first-order valence-corrected chi connectivity index (χ1v) is 7.26. The molecule has 18 heavy (non-hydrogen) atoms. The van der Waals surface area contributed by atoms with E-state index in [0.29, 0.717) is 6.54 Å². The van der Waals surface area contributed by atoms with E-state index in [1.807, 2.05) is 0 Å². The van der Waals surface area contributed by atoms with Crippen LogP contribution in [0.15, 0.2) is 0 Å². The molecule has 1 amide bonds. The van der Waals surface area contributed by atoms with Crippen LogP contribution in [0.4, 0.5) is 0 Å². The van der Waals surface area contributed by atoms with Gasteiger partial charge in [0.05, 0.1) is 6.54 Å². The Hall–Kier alpha value is -0.610. The van der Waals surface area contributed by atoms with E-state index in [1.165, 1.54) is 12.8 Å². The number of nitrogens with one attached hydrogen (secondary N) is 2. The summed E-state index contributed by atoms with van der Waals surface area (Å²) in [7, 11) is 0. The fourth-order valence-corrected chi connectivity index (χ4v) is 2.73. The predicted octanol–water partition coefficient (Wildman–Crippen LogP) is 1.43. The number of rotatable bonds is 8. The molecule has 1 aliphatic rings. The first-order valence-electron chi connectivity index (χ1n) is 7.26. The zero-order valence-corrected chi connectivity index (χ0v) is 11.8. The number of amides is 1. The second kappa shape index (κ2) is 7.74. The summed E-state index contributed by atoms with van der Waals surface area (Å²) in [6, 6.07) is 0.289. The van der Waals surface area contributed by atoms with E-state index < -0.39 is 0 Å². The van der Waals surface area contributed by atoms with Gasteiger partial charge in [0.2, 0.25) is 5.91 Å². The fraction of sp³-hybridized carbons (Fsp3) is 0.929. The van der Waals surface area contributed by atoms with Crippen molar-refractivity contribution in [2.45, 2.75) is 58.4 Å². The molecule has 1 fully saturated rings. The Morgan fingerprint density at radius 3 is 2.39 bits per heavy atom. The Labute approximate surface area is 111 Å². The van der Waals surface area contributed by atoms with E-state index in [9.17, 15) is 9.90 Å². The Bertz CT molecular complexity index is 246. The highest BCUT2D eigenvalue weighted by Gasteiger charge is 2.32. The molecule has 0 radical (unpaired) electrons. The second-order valence-electron chi connectivity index (χ2n) is 5.55. The monoisotopic (exact) mass is 256 g/mol. The maximum atomic E-state index is 11.7. The molecular weight excluding hydrogens is 228 g/mol. The highest BCUT2D eigenvalue weighted by molar-refractivity contribution is 5.78. The largest absolute Gasteiger partial charge is 0.396 e. The van der Waals surface area contributed by atoms with Crippen LogP contribution in [-0.4, -0.2) is 36.8 Å².